The Bertz CT molecular complexity index is 444. The van der Waals surface area contributed by atoms with Crippen LogP contribution in [0.1, 0.15) is 72.1 Å². The highest BCUT2D eigenvalue weighted by molar-refractivity contribution is 6.60. The Balaban J connectivity index is 2.04. The van der Waals surface area contributed by atoms with Gasteiger partial charge in [-0.25, -0.2) is 4.68 Å². The molecule has 26 heavy (non-hydrogen) atoms. The molecule has 1 aromatic rings. The number of nitrogens with two attached hydrogens (primary N) is 1. The van der Waals surface area contributed by atoms with Crippen LogP contribution in [-0.4, -0.2) is 48.8 Å². The summed E-state index contributed by atoms with van der Waals surface area (Å²) in [5, 5.41) is 11.1. The molecule has 0 aliphatic heterocycles. The van der Waals surface area contributed by atoms with Crippen molar-refractivity contribution in [3.05, 3.63) is 0 Å². The number of nitrogens with zero attached hydrogens (tertiary/aromatic N) is 4. The number of aryl methyl sites for hydroxylation is 1. The summed E-state index contributed by atoms with van der Waals surface area (Å²) in [6.45, 7) is 8.79. The standard InChI is InChI=1S/C17H37N5O3Si/c1-4-23-26(24-5-2,25-6-3)16-14-12-10-8-7-9-11-13-15-22-17(18)19-20-21-22/h4-16H2,1-3H3,(H2,18,19,21). The van der Waals surface area contributed by atoms with Gasteiger partial charge in [-0.1, -0.05) is 43.6 Å². The van der Waals surface area contributed by atoms with E-state index in [1.54, 1.807) is 4.68 Å². The zero-order valence-electron chi connectivity index (χ0n) is 16.8. The molecule has 0 atom stereocenters. The van der Waals surface area contributed by atoms with Crippen molar-refractivity contribution >= 4 is 14.8 Å². The first-order valence-corrected chi connectivity index (χ1v) is 12.0. The highest BCUT2D eigenvalue weighted by Gasteiger charge is 2.39. The third kappa shape index (κ3) is 9.06. The van der Waals surface area contributed by atoms with Gasteiger partial charge in [0.2, 0.25) is 5.95 Å². The van der Waals surface area contributed by atoms with Gasteiger partial charge in [0, 0.05) is 32.4 Å². The van der Waals surface area contributed by atoms with Crippen LogP contribution in [0.4, 0.5) is 5.95 Å². The van der Waals surface area contributed by atoms with Crippen LogP contribution in [0.2, 0.25) is 6.04 Å². The molecule has 0 saturated heterocycles. The van der Waals surface area contributed by atoms with E-state index in [2.05, 4.69) is 15.5 Å². The van der Waals surface area contributed by atoms with Gasteiger partial charge in [0.15, 0.2) is 0 Å². The lowest BCUT2D eigenvalue weighted by Crippen LogP contribution is -2.45. The van der Waals surface area contributed by atoms with Gasteiger partial charge in [0.05, 0.1) is 0 Å². The van der Waals surface area contributed by atoms with E-state index in [4.69, 9.17) is 19.0 Å². The van der Waals surface area contributed by atoms with Gasteiger partial charge >= 0.3 is 8.80 Å². The normalized spacial score (nSPS) is 12.0. The number of rotatable bonds is 17. The third-order valence-corrected chi connectivity index (χ3v) is 7.41. The summed E-state index contributed by atoms with van der Waals surface area (Å²) < 4.78 is 19.3. The Morgan fingerprint density at radius 1 is 0.808 bits per heavy atom. The van der Waals surface area contributed by atoms with Crippen LogP contribution < -0.4 is 5.73 Å². The lowest BCUT2D eigenvalue weighted by molar-refractivity contribution is 0.0706. The van der Waals surface area contributed by atoms with E-state index in [-0.39, 0.29) is 0 Å². The number of aromatic nitrogens is 4. The smallest absolute Gasteiger partial charge is 0.374 e. The zero-order valence-corrected chi connectivity index (χ0v) is 17.8. The Hall–Kier alpha value is -1.03. The fraction of sp³-hybridized carbons (Fsp3) is 0.941. The molecule has 0 aromatic carbocycles. The zero-order chi connectivity index (χ0) is 19.1. The van der Waals surface area contributed by atoms with Crippen LogP contribution in [0, 0.1) is 0 Å². The number of nitrogen functional groups attached to an aromatic ring is 1. The van der Waals surface area contributed by atoms with E-state index < -0.39 is 8.80 Å². The van der Waals surface area contributed by atoms with Crippen LogP contribution in [0.5, 0.6) is 0 Å². The van der Waals surface area contributed by atoms with E-state index in [1.807, 2.05) is 20.8 Å². The third-order valence-electron chi connectivity index (χ3n) is 4.26. The molecule has 1 aromatic heterocycles. The lowest BCUT2D eigenvalue weighted by Gasteiger charge is -2.28. The number of unbranched alkanes of at least 4 members (excludes halogenated alkanes) is 7. The van der Waals surface area contributed by atoms with Crippen LogP contribution >= 0.6 is 0 Å². The Kier molecular flexibility index (Phi) is 12.5. The highest BCUT2D eigenvalue weighted by Crippen LogP contribution is 2.20. The molecule has 0 radical (unpaired) electrons. The van der Waals surface area contributed by atoms with Crippen molar-refractivity contribution in [2.75, 3.05) is 25.6 Å². The first-order chi connectivity index (χ1) is 12.7. The van der Waals surface area contributed by atoms with Gasteiger partial charge in [-0.2, -0.15) is 0 Å². The van der Waals surface area contributed by atoms with Gasteiger partial charge in [-0.15, -0.1) is 0 Å². The number of hydrogen-bond donors (Lipinski definition) is 1. The van der Waals surface area contributed by atoms with Crippen LogP contribution in [0.25, 0.3) is 0 Å². The second-order valence-corrected chi connectivity index (χ2v) is 9.05. The molecule has 152 valence electrons. The molecule has 0 fully saturated rings. The van der Waals surface area contributed by atoms with Gasteiger partial charge in [-0.05, 0) is 44.0 Å². The summed E-state index contributed by atoms with van der Waals surface area (Å²) >= 11 is 0. The van der Waals surface area contributed by atoms with Crippen LogP contribution in [0.15, 0.2) is 0 Å². The Morgan fingerprint density at radius 2 is 1.31 bits per heavy atom. The minimum absolute atomic E-state index is 0.399. The molecule has 0 unspecified atom stereocenters. The molecule has 1 rings (SSSR count). The Labute approximate surface area is 159 Å². The molecule has 0 bridgehead atoms. The molecule has 0 spiro atoms. The second-order valence-electron chi connectivity index (χ2n) is 6.32. The maximum atomic E-state index is 5.89. The SMILES string of the molecule is CCO[Si](CCCCCCCCCCn1nnnc1N)(OCC)OCC. The summed E-state index contributed by atoms with van der Waals surface area (Å²) in [5.74, 6) is 0.399. The van der Waals surface area contributed by atoms with Crippen molar-refractivity contribution < 1.29 is 13.3 Å². The van der Waals surface area contributed by atoms with E-state index in [9.17, 15) is 0 Å². The quantitative estimate of drug-likeness (QED) is 0.323. The highest BCUT2D eigenvalue weighted by atomic mass is 28.4. The molecule has 0 amide bonds. The molecule has 2 N–H and O–H groups in total. The van der Waals surface area contributed by atoms with Crippen LogP contribution in [-0.2, 0) is 19.8 Å². The maximum absolute atomic E-state index is 5.89. The molecule has 1 heterocycles. The maximum Gasteiger partial charge on any atom is 0.500 e. The van der Waals surface area contributed by atoms with Gasteiger partial charge in [-0.3, -0.25) is 0 Å². The van der Waals surface area contributed by atoms with E-state index >= 15 is 0 Å². The predicted octanol–water partition coefficient (Wildman–Crippen LogP) is 3.42. The first kappa shape index (κ1) is 23.0. The largest absolute Gasteiger partial charge is 0.500 e. The fourth-order valence-electron chi connectivity index (χ4n) is 3.04. The van der Waals surface area contributed by atoms with Gasteiger partial charge in [0.25, 0.3) is 0 Å². The van der Waals surface area contributed by atoms with Crippen molar-refractivity contribution in [2.45, 2.75) is 84.7 Å². The summed E-state index contributed by atoms with van der Waals surface area (Å²) in [4.78, 5) is 0. The molecule has 0 aliphatic rings. The summed E-state index contributed by atoms with van der Waals surface area (Å²) in [6, 6.07) is 0.926. The molecule has 8 nitrogen and oxygen atoms in total. The second kappa shape index (κ2) is 14.1. The predicted molar refractivity (Wildman–Crippen MR) is 105 cm³/mol. The monoisotopic (exact) mass is 387 g/mol. The average molecular weight is 388 g/mol. The molecule has 0 saturated carbocycles. The fourth-order valence-corrected chi connectivity index (χ4v) is 5.72. The van der Waals surface area contributed by atoms with Crippen LogP contribution in [0.3, 0.4) is 0 Å². The molecular formula is C17H37N5O3Si. The topological polar surface area (TPSA) is 97.3 Å². The average Bonchev–Trinajstić information content (AvgIpc) is 3.02. The molecule has 9 heteroatoms. The summed E-state index contributed by atoms with van der Waals surface area (Å²) in [6.07, 6.45) is 9.64. The van der Waals surface area contributed by atoms with Crippen molar-refractivity contribution in [1.29, 1.82) is 0 Å². The van der Waals surface area contributed by atoms with Crippen molar-refractivity contribution in [3.63, 3.8) is 0 Å². The minimum atomic E-state index is -2.44. The lowest BCUT2D eigenvalue weighted by atomic mass is 10.1. The summed E-state index contributed by atoms with van der Waals surface area (Å²) in [5.41, 5.74) is 5.64. The molecule has 0 aliphatic carbocycles. The van der Waals surface area contributed by atoms with Crippen molar-refractivity contribution in [3.8, 4) is 0 Å². The van der Waals surface area contributed by atoms with E-state index in [1.165, 1.54) is 38.5 Å². The van der Waals surface area contributed by atoms with Crippen molar-refractivity contribution in [2.24, 2.45) is 0 Å². The minimum Gasteiger partial charge on any atom is -0.374 e. The number of anilines is 1. The van der Waals surface area contributed by atoms with Crippen molar-refractivity contribution in [1.82, 2.24) is 20.2 Å². The van der Waals surface area contributed by atoms with Gasteiger partial charge in [0.1, 0.15) is 0 Å². The summed E-state index contributed by atoms with van der Waals surface area (Å²) in [7, 11) is -2.44. The number of tetrazole rings is 1. The van der Waals surface area contributed by atoms with E-state index in [0.717, 1.165) is 25.4 Å². The molecular weight excluding hydrogens is 350 g/mol. The van der Waals surface area contributed by atoms with Gasteiger partial charge < -0.3 is 19.0 Å². The number of hydrogen-bond acceptors (Lipinski definition) is 7. The first-order valence-electron chi connectivity index (χ1n) is 10.1. The Morgan fingerprint density at radius 3 is 1.77 bits per heavy atom. The van der Waals surface area contributed by atoms with E-state index in [0.29, 0.717) is 25.8 Å².